The number of benzene rings is 1. The molecule has 0 atom stereocenters. The molecule has 1 saturated heterocycles. The van der Waals surface area contributed by atoms with Crippen LogP contribution in [0, 0.1) is 5.82 Å². The van der Waals surface area contributed by atoms with Gasteiger partial charge in [0.15, 0.2) is 11.6 Å². The zero-order chi connectivity index (χ0) is 11.4. The van der Waals surface area contributed by atoms with E-state index in [1.807, 2.05) is 6.07 Å². The summed E-state index contributed by atoms with van der Waals surface area (Å²) in [5.41, 5.74) is 0.682. The van der Waals surface area contributed by atoms with Crippen LogP contribution < -0.4 is 4.74 Å². The standard InChI is InChI=1S/C12H16FNO2/c1-15-11-4-2-3-10(12(11)13)9-14-5-7-16-8-6-14/h2-4H,5-9H2,1H3. The van der Waals surface area contributed by atoms with Crippen molar-refractivity contribution in [3.05, 3.63) is 29.6 Å². The van der Waals surface area contributed by atoms with Gasteiger partial charge in [0.2, 0.25) is 0 Å². The zero-order valence-corrected chi connectivity index (χ0v) is 9.41. The molecular weight excluding hydrogens is 209 g/mol. The molecule has 0 radical (unpaired) electrons. The Hall–Kier alpha value is -1.13. The van der Waals surface area contributed by atoms with E-state index in [1.54, 1.807) is 12.1 Å². The summed E-state index contributed by atoms with van der Waals surface area (Å²) in [6.45, 7) is 3.79. The van der Waals surface area contributed by atoms with E-state index in [9.17, 15) is 4.39 Å². The Kier molecular flexibility index (Phi) is 3.74. The topological polar surface area (TPSA) is 21.7 Å². The Morgan fingerprint density at radius 1 is 1.38 bits per heavy atom. The molecule has 4 heteroatoms. The van der Waals surface area contributed by atoms with Crippen LogP contribution in [0.25, 0.3) is 0 Å². The van der Waals surface area contributed by atoms with Crippen molar-refractivity contribution in [3.63, 3.8) is 0 Å². The molecule has 0 bridgehead atoms. The van der Waals surface area contributed by atoms with Crippen LogP contribution in [0.1, 0.15) is 5.56 Å². The Balaban J connectivity index is 2.08. The van der Waals surface area contributed by atoms with E-state index in [1.165, 1.54) is 7.11 Å². The molecular formula is C12H16FNO2. The smallest absolute Gasteiger partial charge is 0.169 e. The van der Waals surface area contributed by atoms with E-state index >= 15 is 0 Å². The maximum Gasteiger partial charge on any atom is 0.169 e. The molecule has 0 aromatic heterocycles. The van der Waals surface area contributed by atoms with Crippen LogP contribution in [0.4, 0.5) is 4.39 Å². The van der Waals surface area contributed by atoms with Crippen molar-refractivity contribution in [3.8, 4) is 5.75 Å². The summed E-state index contributed by atoms with van der Waals surface area (Å²) in [6, 6.07) is 5.25. The van der Waals surface area contributed by atoms with E-state index in [0.717, 1.165) is 26.3 Å². The summed E-state index contributed by atoms with van der Waals surface area (Å²) in [5.74, 6) is 0.0576. The maximum atomic E-state index is 13.8. The van der Waals surface area contributed by atoms with Gasteiger partial charge in [0.1, 0.15) is 0 Å². The lowest BCUT2D eigenvalue weighted by molar-refractivity contribution is 0.0337. The van der Waals surface area contributed by atoms with E-state index in [4.69, 9.17) is 9.47 Å². The molecule has 0 amide bonds. The number of hydrogen-bond acceptors (Lipinski definition) is 3. The first-order valence-corrected chi connectivity index (χ1v) is 5.42. The number of morpholine rings is 1. The van der Waals surface area contributed by atoms with Crippen molar-refractivity contribution in [2.45, 2.75) is 6.54 Å². The molecule has 1 heterocycles. The van der Waals surface area contributed by atoms with Crippen LogP contribution in [-0.2, 0) is 11.3 Å². The first kappa shape index (κ1) is 11.4. The normalized spacial score (nSPS) is 17.4. The molecule has 0 unspecified atom stereocenters. The van der Waals surface area contributed by atoms with Crippen LogP contribution in [0.5, 0.6) is 5.75 Å². The molecule has 0 spiro atoms. The van der Waals surface area contributed by atoms with Gasteiger partial charge in [0.25, 0.3) is 0 Å². The molecule has 1 aromatic rings. The number of halogens is 1. The number of nitrogens with zero attached hydrogens (tertiary/aromatic N) is 1. The summed E-state index contributed by atoms with van der Waals surface area (Å²) < 4.78 is 24.1. The number of methoxy groups -OCH3 is 1. The van der Waals surface area contributed by atoms with Crippen LogP contribution in [0.2, 0.25) is 0 Å². The van der Waals surface area contributed by atoms with E-state index in [0.29, 0.717) is 17.9 Å². The zero-order valence-electron chi connectivity index (χ0n) is 9.41. The molecule has 88 valence electrons. The quantitative estimate of drug-likeness (QED) is 0.781. The van der Waals surface area contributed by atoms with E-state index < -0.39 is 0 Å². The Morgan fingerprint density at radius 2 is 2.12 bits per heavy atom. The highest BCUT2D eigenvalue weighted by Crippen LogP contribution is 2.21. The summed E-state index contributed by atoms with van der Waals surface area (Å²) in [5, 5.41) is 0. The molecule has 2 rings (SSSR count). The van der Waals surface area contributed by atoms with Gasteiger partial charge in [-0.15, -0.1) is 0 Å². The van der Waals surface area contributed by atoms with Gasteiger partial charge in [-0.25, -0.2) is 4.39 Å². The van der Waals surface area contributed by atoms with Gasteiger partial charge in [0, 0.05) is 25.2 Å². The number of ether oxygens (including phenoxy) is 2. The van der Waals surface area contributed by atoms with Crippen molar-refractivity contribution in [1.29, 1.82) is 0 Å². The van der Waals surface area contributed by atoms with E-state index in [-0.39, 0.29) is 5.82 Å². The fraction of sp³-hybridized carbons (Fsp3) is 0.500. The average Bonchev–Trinajstić information content (AvgIpc) is 2.33. The SMILES string of the molecule is COc1cccc(CN2CCOCC2)c1F. The lowest BCUT2D eigenvalue weighted by Gasteiger charge is -2.26. The average molecular weight is 225 g/mol. The predicted molar refractivity (Wildman–Crippen MR) is 59.0 cm³/mol. The van der Waals surface area contributed by atoms with Crippen molar-refractivity contribution in [2.24, 2.45) is 0 Å². The van der Waals surface area contributed by atoms with Gasteiger partial charge in [-0.1, -0.05) is 12.1 Å². The van der Waals surface area contributed by atoms with Gasteiger partial charge in [-0.05, 0) is 6.07 Å². The van der Waals surface area contributed by atoms with Gasteiger partial charge in [0.05, 0.1) is 20.3 Å². The molecule has 1 aliphatic rings. The van der Waals surface area contributed by atoms with Gasteiger partial charge >= 0.3 is 0 Å². The second kappa shape index (κ2) is 5.27. The number of rotatable bonds is 3. The fourth-order valence-corrected chi connectivity index (χ4v) is 1.84. The highest BCUT2D eigenvalue weighted by atomic mass is 19.1. The van der Waals surface area contributed by atoms with E-state index in [2.05, 4.69) is 4.90 Å². The molecule has 16 heavy (non-hydrogen) atoms. The second-order valence-corrected chi connectivity index (χ2v) is 3.82. The van der Waals surface area contributed by atoms with Crippen LogP contribution in [-0.4, -0.2) is 38.3 Å². The van der Waals surface area contributed by atoms with Crippen LogP contribution >= 0.6 is 0 Å². The monoisotopic (exact) mass is 225 g/mol. The predicted octanol–water partition coefficient (Wildman–Crippen LogP) is 1.67. The summed E-state index contributed by atoms with van der Waals surface area (Å²) in [4.78, 5) is 2.18. The molecule has 1 aromatic carbocycles. The van der Waals surface area contributed by atoms with Crippen LogP contribution in [0.15, 0.2) is 18.2 Å². The minimum atomic E-state index is -0.253. The highest BCUT2D eigenvalue weighted by Gasteiger charge is 2.14. The summed E-state index contributed by atoms with van der Waals surface area (Å²) >= 11 is 0. The Bertz CT molecular complexity index is 351. The van der Waals surface area contributed by atoms with Gasteiger partial charge in [-0.3, -0.25) is 4.90 Å². The summed E-state index contributed by atoms with van der Waals surface area (Å²) in [6.07, 6.45) is 0. The van der Waals surface area contributed by atoms with Crippen molar-refractivity contribution in [1.82, 2.24) is 4.90 Å². The van der Waals surface area contributed by atoms with Crippen molar-refractivity contribution < 1.29 is 13.9 Å². The summed E-state index contributed by atoms with van der Waals surface area (Å²) in [7, 11) is 1.48. The molecule has 0 saturated carbocycles. The second-order valence-electron chi connectivity index (χ2n) is 3.82. The van der Waals surface area contributed by atoms with Crippen molar-refractivity contribution in [2.75, 3.05) is 33.4 Å². The van der Waals surface area contributed by atoms with Gasteiger partial charge < -0.3 is 9.47 Å². The third kappa shape index (κ3) is 2.51. The lowest BCUT2D eigenvalue weighted by Crippen LogP contribution is -2.35. The molecule has 1 fully saturated rings. The van der Waals surface area contributed by atoms with Crippen molar-refractivity contribution >= 4 is 0 Å². The maximum absolute atomic E-state index is 13.8. The first-order chi connectivity index (χ1) is 7.81. The minimum absolute atomic E-state index is 0.253. The van der Waals surface area contributed by atoms with Gasteiger partial charge in [-0.2, -0.15) is 0 Å². The van der Waals surface area contributed by atoms with Crippen LogP contribution in [0.3, 0.4) is 0 Å². The third-order valence-electron chi connectivity index (χ3n) is 2.76. The highest BCUT2D eigenvalue weighted by molar-refractivity contribution is 5.30. The number of hydrogen-bond donors (Lipinski definition) is 0. The third-order valence-corrected chi connectivity index (χ3v) is 2.76. The molecule has 0 N–H and O–H groups in total. The first-order valence-electron chi connectivity index (χ1n) is 5.42. The molecule has 1 aliphatic heterocycles. The molecule has 3 nitrogen and oxygen atoms in total. The minimum Gasteiger partial charge on any atom is -0.494 e. The lowest BCUT2D eigenvalue weighted by atomic mass is 10.2. The molecule has 0 aliphatic carbocycles. The Labute approximate surface area is 94.8 Å². The Morgan fingerprint density at radius 3 is 2.81 bits per heavy atom. The largest absolute Gasteiger partial charge is 0.494 e. The fourth-order valence-electron chi connectivity index (χ4n) is 1.84.